The topological polar surface area (TPSA) is 64.9 Å². The van der Waals surface area contributed by atoms with E-state index in [0.717, 1.165) is 6.42 Å². The number of nitrogens with zero attached hydrogens (tertiary/aromatic N) is 2. The second kappa shape index (κ2) is 5.16. The van der Waals surface area contributed by atoms with E-state index >= 15 is 0 Å². The largest absolute Gasteiger partial charge is 0.397 e. The molecule has 0 bridgehead atoms. The van der Waals surface area contributed by atoms with Crippen LogP contribution in [0.15, 0.2) is 16.7 Å². The van der Waals surface area contributed by atoms with Gasteiger partial charge < -0.3 is 10.3 Å². The molecule has 0 fully saturated rings. The molecule has 0 unspecified atom stereocenters. The van der Waals surface area contributed by atoms with Crippen molar-refractivity contribution in [3.05, 3.63) is 28.0 Å². The Bertz CT molecular complexity index is 566. The van der Waals surface area contributed by atoms with Gasteiger partial charge in [-0.2, -0.15) is 4.98 Å². The first kappa shape index (κ1) is 13.2. The Morgan fingerprint density at radius 2 is 1.94 bits per heavy atom. The summed E-state index contributed by atoms with van der Waals surface area (Å²) >= 11 is 12.0. The zero-order valence-electron chi connectivity index (χ0n) is 10.1. The van der Waals surface area contributed by atoms with Crippen molar-refractivity contribution in [2.45, 2.75) is 20.3 Å². The van der Waals surface area contributed by atoms with Gasteiger partial charge in [-0.1, -0.05) is 42.2 Å². The maximum absolute atomic E-state index is 6.08. The Morgan fingerprint density at radius 1 is 1.28 bits per heavy atom. The van der Waals surface area contributed by atoms with Crippen LogP contribution < -0.4 is 5.73 Å². The molecule has 1 aromatic heterocycles. The summed E-state index contributed by atoms with van der Waals surface area (Å²) in [5.41, 5.74) is 6.72. The summed E-state index contributed by atoms with van der Waals surface area (Å²) in [6, 6.07) is 3.29. The molecule has 6 heteroatoms. The van der Waals surface area contributed by atoms with Crippen LogP contribution in [0.1, 0.15) is 19.7 Å². The predicted molar refractivity (Wildman–Crippen MR) is 72.7 cm³/mol. The maximum Gasteiger partial charge on any atom is 0.261 e. The second-order valence-corrected chi connectivity index (χ2v) is 5.25. The van der Waals surface area contributed by atoms with Crippen LogP contribution in [0.25, 0.3) is 11.5 Å². The highest BCUT2D eigenvalue weighted by molar-refractivity contribution is 6.37. The number of halogens is 2. The first-order valence-corrected chi connectivity index (χ1v) is 6.31. The minimum Gasteiger partial charge on any atom is -0.397 e. The molecule has 0 saturated heterocycles. The van der Waals surface area contributed by atoms with Crippen molar-refractivity contribution in [2.24, 2.45) is 5.92 Å². The van der Waals surface area contributed by atoms with Crippen molar-refractivity contribution in [2.75, 3.05) is 5.73 Å². The minimum atomic E-state index is 0.302. The molecule has 18 heavy (non-hydrogen) atoms. The van der Waals surface area contributed by atoms with Gasteiger partial charge in [0.05, 0.1) is 21.3 Å². The van der Waals surface area contributed by atoms with E-state index in [0.29, 0.717) is 38.9 Å². The van der Waals surface area contributed by atoms with Crippen molar-refractivity contribution in [3.63, 3.8) is 0 Å². The highest BCUT2D eigenvalue weighted by atomic mass is 35.5. The molecule has 2 aromatic rings. The summed E-state index contributed by atoms with van der Waals surface area (Å²) in [5.74, 6) is 1.38. The molecule has 0 saturated carbocycles. The van der Waals surface area contributed by atoms with Gasteiger partial charge in [0.25, 0.3) is 5.89 Å². The van der Waals surface area contributed by atoms with E-state index < -0.39 is 0 Å². The Kier molecular flexibility index (Phi) is 3.78. The first-order chi connectivity index (χ1) is 8.49. The SMILES string of the molecule is CC(C)Cc1noc(-c2c(Cl)ccc(Cl)c2N)n1. The molecule has 0 radical (unpaired) electrons. The minimum absolute atomic E-state index is 0.302. The molecule has 96 valence electrons. The molecule has 4 nitrogen and oxygen atoms in total. The highest BCUT2D eigenvalue weighted by Crippen LogP contribution is 2.36. The lowest BCUT2D eigenvalue weighted by atomic mass is 10.1. The van der Waals surface area contributed by atoms with Crippen molar-refractivity contribution < 1.29 is 4.52 Å². The van der Waals surface area contributed by atoms with Crippen LogP contribution in [0.3, 0.4) is 0 Å². The summed E-state index contributed by atoms with van der Waals surface area (Å²) in [7, 11) is 0. The summed E-state index contributed by atoms with van der Waals surface area (Å²) in [6.07, 6.45) is 0.738. The molecule has 0 aliphatic rings. The molecular formula is C12H13Cl2N3O. The Balaban J connectivity index is 2.43. The summed E-state index contributed by atoms with van der Waals surface area (Å²) < 4.78 is 5.18. The Labute approximate surface area is 115 Å². The fourth-order valence-electron chi connectivity index (χ4n) is 1.59. The van der Waals surface area contributed by atoms with E-state index in [-0.39, 0.29) is 0 Å². The van der Waals surface area contributed by atoms with Gasteiger partial charge in [0.15, 0.2) is 5.82 Å². The molecule has 0 atom stereocenters. The number of rotatable bonds is 3. The molecule has 0 spiro atoms. The van der Waals surface area contributed by atoms with E-state index in [4.69, 9.17) is 33.5 Å². The molecule has 0 aliphatic carbocycles. The van der Waals surface area contributed by atoms with Crippen molar-refractivity contribution >= 4 is 28.9 Å². The fourth-order valence-corrected chi connectivity index (χ4v) is 1.99. The lowest BCUT2D eigenvalue weighted by Crippen LogP contribution is -1.96. The van der Waals surface area contributed by atoms with E-state index in [1.807, 2.05) is 0 Å². The standard InChI is InChI=1S/C12H13Cl2N3O/c1-6(2)5-9-16-12(18-17-9)10-7(13)3-4-8(14)11(10)15/h3-4,6H,5,15H2,1-2H3. The summed E-state index contributed by atoms with van der Waals surface area (Å²) in [6.45, 7) is 4.16. The lowest BCUT2D eigenvalue weighted by molar-refractivity contribution is 0.418. The molecule has 0 aliphatic heterocycles. The molecule has 2 N–H and O–H groups in total. The van der Waals surface area contributed by atoms with E-state index in [9.17, 15) is 0 Å². The summed E-state index contributed by atoms with van der Waals surface area (Å²) in [4.78, 5) is 4.28. The third-order valence-corrected chi connectivity index (χ3v) is 3.06. The van der Waals surface area contributed by atoms with E-state index in [1.165, 1.54) is 0 Å². The van der Waals surface area contributed by atoms with Crippen LogP contribution in [-0.4, -0.2) is 10.1 Å². The zero-order valence-corrected chi connectivity index (χ0v) is 11.6. The molecular weight excluding hydrogens is 273 g/mol. The zero-order chi connectivity index (χ0) is 13.3. The Morgan fingerprint density at radius 3 is 2.61 bits per heavy atom. The van der Waals surface area contributed by atoms with Crippen LogP contribution >= 0.6 is 23.2 Å². The normalized spacial score (nSPS) is 11.2. The van der Waals surface area contributed by atoms with Crippen LogP contribution in [0.2, 0.25) is 10.0 Å². The number of nitrogens with two attached hydrogens (primary N) is 1. The van der Waals surface area contributed by atoms with Crippen LogP contribution in [-0.2, 0) is 6.42 Å². The molecule has 1 heterocycles. The van der Waals surface area contributed by atoms with E-state index in [2.05, 4.69) is 24.0 Å². The van der Waals surface area contributed by atoms with Crippen LogP contribution in [0.5, 0.6) is 0 Å². The summed E-state index contributed by atoms with van der Waals surface area (Å²) in [5, 5.41) is 4.76. The molecule has 0 amide bonds. The highest BCUT2D eigenvalue weighted by Gasteiger charge is 2.17. The number of aromatic nitrogens is 2. The average molecular weight is 286 g/mol. The fraction of sp³-hybridized carbons (Fsp3) is 0.333. The molecule has 2 rings (SSSR count). The maximum atomic E-state index is 6.08. The van der Waals surface area contributed by atoms with Gasteiger partial charge in [-0.3, -0.25) is 0 Å². The number of hydrogen-bond donors (Lipinski definition) is 1. The van der Waals surface area contributed by atoms with Crippen LogP contribution in [0.4, 0.5) is 5.69 Å². The number of nitrogen functional groups attached to an aromatic ring is 1. The quantitative estimate of drug-likeness (QED) is 0.871. The van der Waals surface area contributed by atoms with Gasteiger partial charge in [-0.05, 0) is 18.1 Å². The van der Waals surface area contributed by atoms with Gasteiger partial charge in [0.2, 0.25) is 0 Å². The van der Waals surface area contributed by atoms with Gasteiger partial charge in [-0.15, -0.1) is 0 Å². The number of benzene rings is 1. The smallest absolute Gasteiger partial charge is 0.261 e. The third kappa shape index (κ3) is 2.60. The van der Waals surface area contributed by atoms with E-state index in [1.54, 1.807) is 12.1 Å². The number of hydrogen-bond acceptors (Lipinski definition) is 4. The lowest BCUT2D eigenvalue weighted by Gasteiger charge is -2.04. The van der Waals surface area contributed by atoms with Gasteiger partial charge in [0.1, 0.15) is 0 Å². The van der Waals surface area contributed by atoms with Crippen molar-refractivity contribution in [1.82, 2.24) is 10.1 Å². The molecule has 1 aromatic carbocycles. The predicted octanol–water partition coefficient (Wildman–Crippen LogP) is 3.82. The van der Waals surface area contributed by atoms with Crippen molar-refractivity contribution in [1.29, 1.82) is 0 Å². The van der Waals surface area contributed by atoms with Crippen LogP contribution in [0, 0.1) is 5.92 Å². The van der Waals surface area contributed by atoms with Gasteiger partial charge in [-0.25, -0.2) is 0 Å². The second-order valence-electron chi connectivity index (χ2n) is 4.43. The average Bonchev–Trinajstić information content (AvgIpc) is 2.71. The van der Waals surface area contributed by atoms with Gasteiger partial charge >= 0.3 is 0 Å². The number of anilines is 1. The first-order valence-electron chi connectivity index (χ1n) is 5.55. The van der Waals surface area contributed by atoms with Gasteiger partial charge in [0, 0.05) is 6.42 Å². The third-order valence-electron chi connectivity index (χ3n) is 2.41. The van der Waals surface area contributed by atoms with Crippen molar-refractivity contribution in [3.8, 4) is 11.5 Å². The Hall–Kier alpha value is -1.26. The monoisotopic (exact) mass is 285 g/mol.